The van der Waals surface area contributed by atoms with Crippen LogP contribution in [0.1, 0.15) is 11.4 Å². The first-order valence-corrected chi connectivity index (χ1v) is 15.9. The number of hydrogen-bond acceptors (Lipinski definition) is 5. The molecule has 0 aliphatic rings. The van der Waals surface area contributed by atoms with Gasteiger partial charge in [0.15, 0.2) is 0 Å². The third-order valence-electron chi connectivity index (χ3n) is 5.56. The first-order valence-electron chi connectivity index (χ1n) is 11.3. The maximum Gasteiger partial charge on any atom is 0.0456 e. The number of para-hydroxylation sites is 2. The number of rotatable bonds is 14. The summed E-state index contributed by atoms with van der Waals surface area (Å²) in [6.45, 7) is 0. The van der Waals surface area contributed by atoms with Gasteiger partial charge < -0.3 is 9.97 Å². The number of H-pyrrole nitrogens is 2. The molecule has 0 saturated heterocycles. The molecule has 7 heteroatoms. The monoisotopic (exact) mass is 532 g/mol. The molecule has 0 bridgehead atoms. The van der Waals surface area contributed by atoms with E-state index in [1.165, 1.54) is 56.2 Å². The zero-order valence-electron chi connectivity index (χ0n) is 18.8. The van der Waals surface area contributed by atoms with Crippen LogP contribution in [-0.2, 0) is 12.8 Å². The number of thioether (sulfide) groups is 3. The van der Waals surface area contributed by atoms with Gasteiger partial charge in [-0.3, -0.25) is 0 Å². The van der Waals surface area contributed by atoms with Gasteiger partial charge >= 0.3 is 0 Å². The van der Waals surface area contributed by atoms with Crippen LogP contribution in [0.5, 0.6) is 0 Å². The molecule has 0 radical (unpaired) electrons. The number of benzene rings is 2. The first kappa shape index (κ1) is 25.4. The zero-order chi connectivity index (χ0) is 22.9. The Labute approximate surface area is 221 Å². The van der Waals surface area contributed by atoms with E-state index in [4.69, 9.17) is 12.6 Å². The number of thiol groups is 2. The molecule has 0 saturated carbocycles. The van der Waals surface area contributed by atoms with E-state index in [1.54, 1.807) is 0 Å². The predicted molar refractivity (Wildman–Crippen MR) is 162 cm³/mol. The van der Waals surface area contributed by atoms with Gasteiger partial charge in [-0.1, -0.05) is 36.4 Å². The van der Waals surface area contributed by atoms with Gasteiger partial charge in [-0.2, -0.15) is 60.5 Å². The van der Waals surface area contributed by atoms with Gasteiger partial charge in [0.05, 0.1) is 0 Å². The molecule has 0 fully saturated rings. The lowest BCUT2D eigenvalue weighted by Gasteiger charge is -2.28. The van der Waals surface area contributed by atoms with E-state index >= 15 is 0 Å². The molecule has 4 rings (SSSR count). The Morgan fingerprint density at radius 1 is 0.667 bits per heavy atom. The second-order valence-corrected chi connectivity index (χ2v) is 13.3. The highest BCUT2D eigenvalue weighted by atomic mass is 32.2. The lowest BCUT2D eigenvalue weighted by molar-refractivity contribution is 0.636. The number of aromatic amines is 2. The molecule has 2 aromatic carbocycles. The zero-order valence-corrected chi connectivity index (χ0v) is 23.0. The molecule has 0 atom stereocenters. The first-order chi connectivity index (χ1) is 16.1. The summed E-state index contributed by atoms with van der Waals surface area (Å²) < 4.78 is -0.125. The van der Waals surface area contributed by atoms with E-state index in [9.17, 15) is 0 Å². The summed E-state index contributed by atoms with van der Waals surface area (Å²) in [6, 6.07) is 21.6. The second kappa shape index (κ2) is 12.8. The van der Waals surface area contributed by atoms with Crippen molar-refractivity contribution >= 4 is 82.3 Å². The van der Waals surface area contributed by atoms with E-state index in [0.29, 0.717) is 0 Å². The molecule has 4 aromatic rings. The fourth-order valence-corrected chi connectivity index (χ4v) is 8.25. The normalized spacial score (nSPS) is 12.2. The Morgan fingerprint density at radius 2 is 1.15 bits per heavy atom. The van der Waals surface area contributed by atoms with Crippen molar-refractivity contribution in [1.29, 1.82) is 0 Å². The van der Waals surface area contributed by atoms with Crippen LogP contribution < -0.4 is 0 Å². The van der Waals surface area contributed by atoms with E-state index in [1.807, 2.05) is 23.5 Å². The Bertz CT molecular complexity index is 994. The molecule has 2 nitrogen and oxygen atoms in total. The highest BCUT2D eigenvalue weighted by Gasteiger charge is 2.28. The molecular formula is C26H32N2S5. The Balaban J connectivity index is 1.38. The minimum atomic E-state index is -0.125. The maximum absolute atomic E-state index is 5.31. The number of fused-ring (bicyclic) bond motifs is 2. The predicted octanol–water partition coefficient (Wildman–Crippen LogP) is 7.23. The van der Waals surface area contributed by atoms with Crippen LogP contribution in [0.15, 0.2) is 60.7 Å². The van der Waals surface area contributed by atoms with Crippen LogP contribution in [0.3, 0.4) is 0 Å². The summed E-state index contributed by atoms with van der Waals surface area (Å²) in [5, 5.41) is 2.54. The highest BCUT2D eigenvalue weighted by Crippen LogP contribution is 2.32. The second-order valence-electron chi connectivity index (χ2n) is 8.34. The third kappa shape index (κ3) is 7.63. The van der Waals surface area contributed by atoms with Crippen molar-refractivity contribution in [2.75, 3.05) is 40.3 Å². The van der Waals surface area contributed by atoms with Gasteiger partial charge in [-0.05, 0) is 40.8 Å². The Morgan fingerprint density at radius 3 is 1.67 bits per heavy atom. The van der Waals surface area contributed by atoms with Gasteiger partial charge in [0.1, 0.15) is 0 Å². The minimum absolute atomic E-state index is 0.125. The van der Waals surface area contributed by atoms with Crippen LogP contribution in [-0.4, -0.2) is 55.0 Å². The minimum Gasteiger partial charge on any atom is -0.358 e. The van der Waals surface area contributed by atoms with Crippen molar-refractivity contribution in [2.45, 2.75) is 17.6 Å². The van der Waals surface area contributed by atoms with E-state index in [2.05, 4.69) is 95.0 Å². The number of hydrogen-bond donors (Lipinski definition) is 4. The van der Waals surface area contributed by atoms with Crippen LogP contribution in [0, 0.1) is 0 Å². The van der Waals surface area contributed by atoms with Gasteiger partial charge in [-0.25, -0.2) is 0 Å². The summed E-state index contributed by atoms with van der Waals surface area (Å²) in [5.74, 6) is 7.99. The van der Waals surface area contributed by atoms with Crippen molar-refractivity contribution in [2.24, 2.45) is 0 Å². The molecule has 2 aromatic heterocycles. The molecule has 0 amide bonds. The van der Waals surface area contributed by atoms with Crippen LogP contribution in [0.25, 0.3) is 21.8 Å². The summed E-state index contributed by atoms with van der Waals surface area (Å²) >= 11 is 15.7. The summed E-state index contributed by atoms with van der Waals surface area (Å²) in [7, 11) is 0. The molecular weight excluding hydrogens is 501 g/mol. The van der Waals surface area contributed by atoms with Crippen LogP contribution in [0.4, 0.5) is 0 Å². The third-order valence-corrected chi connectivity index (χ3v) is 10.5. The van der Waals surface area contributed by atoms with Crippen molar-refractivity contribution in [3.05, 3.63) is 72.1 Å². The van der Waals surface area contributed by atoms with Gasteiger partial charge in [0.25, 0.3) is 0 Å². The Hall–Kier alpha value is -0.730. The van der Waals surface area contributed by atoms with Crippen molar-refractivity contribution in [3.8, 4) is 0 Å². The average Bonchev–Trinajstić information content (AvgIpc) is 3.40. The quantitative estimate of drug-likeness (QED) is 0.102. The lowest BCUT2D eigenvalue weighted by atomic mass is 9.98. The maximum atomic E-state index is 5.31. The van der Waals surface area contributed by atoms with Gasteiger partial charge in [-0.15, -0.1) is 0 Å². The molecule has 2 N–H and O–H groups in total. The standard InChI is InChI=1S/C26H32N2S5/c29-9-10-31-11-12-32-13-14-33-19-26(30,17-22-15-20-5-1-3-7-24(20)27-22)18-23-16-21-6-2-4-8-25(21)28-23/h1-8,15-16,27-30H,9-14,17-19H2. The van der Waals surface area contributed by atoms with E-state index in [0.717, 1.165) is 30.1 Å². The molecule has 33 heavy (non-hydrogen) atoms. The van der Waals surface area contributed by atoms with Crippen LogP contribution in [0.2, 0.25) is 0 Å². The molecule has 0 unspecified atom stereocenters. The smallest absolute Gasteiger partial charge is 0.0456 e. The average molecular weight is 533 g/mol. The van der Waals surface area contributed by atoms with Crippen molar-refractivity contribution < 1.29 is 0 Å². The molecule has 0 aliphatic heterocycles. The summed E-state index contributed by atoms with van der Waals surface area (Å²) in [6.07, 6.45) is 1.83. The van der Waals surface area contributed by atoms with Crippen molar-refractivity contribution in [1.82, 2.24) is 9.97 Å². The highest BCUT2D eigenvalue weighted by molar-refractivity contribution is 8.04. The molecule has 0 spiro atoms. The topological polar surface area (TPSA) is 31.6 Å². The Kier molecular flexibility index (Phi) is 9.86. The SMILES string of the molecule is SCCSCCSCCSCC(S)(Cc1cc2ccccc2[nH]1)Cc1cc2ccccc2[nH]1. The fourth-order valence-electron chi connectivity index (χ4n) is 4.10. The number of aromatic nitrogens is 2. The molecule has 176 valence electrons. The fraction of sp³-hybridized carbons (Fsp3) is 0.385. The molecule has 2 heterocycles. The summed E-state index contributed by atoms with van der Waals surface area (Å²) in [4.78, 5) is 7.24. The van der Waals surface area contributed by atoms with E-state index in [-0.39, 0.29) is 4.75 Å². The van der Waals surface area contributed by atoms with Gasteiger partial charge in [0.2, 0.25) is 0 Å². The number of nitrogens with one attached hydrogen (secondary N) is 2. The lowest BCUT2D eigenvalue weighted by Crippen LogP contribution is -2.31. The van der Waals surface area contributed by atoms with Crippen molar-refractivity contribution in [3.63, 3.8) is 0 Å². The molecule has 0 aliphatic carbocycles. The van der Waals surface area contributed by atoms with Crippen LogP contribution >= 0.6 is 60.5 Å². The summed E-state index contributed by atoms with van der Waals surface area (Å²) in [5.41, 5.74) is 4.93. The van der Waals surface area contributed by atoms with E-state index < -0.39 is 0 Å². The largest absolute Gasteiger partial charge is 0.358 e. The van der Waals surface area contributed by atoms with Gasteiger partial charge in [0, 0.05) is 74.5 Å².